The van der Waals surface area contributed by atoms with Gasteiger partial charge >= 0.3 is 0 Å². The van der Waals surface area contributed by atoms with Crippen molar-refractivity contribution in [3.63, 3.8) is 0 Å². The van der Waals surface area contributed by atoms with Crippen LogP contribution in [-0.2, 0) is 5.75 Å². The number of aromatic nitrogens is 2. The Bertz CT molecular complexity index is 983. The molecular weight excluding hydrogens is 426 g/mol. The molecule has 162 valence electrons. The van der Waals surface area contributed by atoms with E-state index in [1.165, 1.54) is 16.9 Å². The number of hydrogen-bond donors (Lipinski definition) is 1. The normalized spacial score (nSPS) is 14.7. The molecule has 0 unspecified atom stereocenters. The number of nitrogens with one attached hydrogen (secondary N) is 1. The summed E-state index contributed by atoms with van der Waals surface area (Å²) in [4.78, 5) is 17.5. The Kier molecular flexibility index (Phi) is 7.21. The molecule has 31 heavy (non-hydrogen) atoms. The Morgan fingerprint density at radius 1 is 1.03 bits per heavy atom. The number of anilines is 2. The Morgan fingerprint density at radius 3 is 2.42 bits per heavy atom. The molecule has 1 aliphatic heterocycles. The van der Waals surface area contributed by atoms with E-state index in [0.29, 0.717) is 16.7 Å². The number of hydrogen-bond acceptors (Lipinski definition) is 7. The fourth-order valence-electron chi connectivity index (χ4n) is 3.53. The summed E-state index contributed by atoms with van der Waals surface area (Å²) >= 11 is 3.02. The molecule has 2 heterocycles. The maximum absolute atomic E-state index is 12.6. The molecule has 0 saturated carbocycles. The molecule has 0 bridgehead atoms. The molecule has 0 atom stereocenters. The summed E-state index contributed by atoms with van der Waals surface area (Å²) in [6.07, 6.45) is 0. The molecule has 6 nitrogen and oxygen atoms in total. The minimum atomic E-state index is -0.160. The van der Waals surface area contributed by atoms with Gasteiger partial charge in [0.05, 0.1) is 0 Å². The average molecular weight is 454 g/mol. The highest BCUT2D eigenvalue weighted by molar-refractivity contribution is 8.00. The van der Waals surface area contributed by atoms with Gasteiger partial charge in [0.25, 0.3) is 5.91 Å². The minimum Gasteiger partial charge on any atom is -0.369 e. The third kappa shape index (κ3) is 5.84. The molecule has 1 aromatic heterocycles. The lowest BCUT2D eigenvalue weighted by molar-refractivity contribution is 0.102. The van der Waals surface area contributed by atoms with Crippen LogP contribution in [0.15, 0.2) is 58.9 Å². The fraction of sp³-hybridized carbons (Fsp3) is 0.348. The second kappa shape index (κ2) is 10.3. The van der Waals surface area contributed by atoms with Crippen LogP contribution in [-0.4, -0.2) is 53.2 Å². The van der Waals surface area contributed by atoms with E-state index in [1.807, 2.05) is 42.5 Å². The van der Waals surface area contributed by atoms with E-state index in [1.54, 1.807) is 11.8 Å². The second-order valence-corrected chi connectivity index (χ2v) is 9.97. The molecule has 1 amide bonds. The third-order valence-electron chi connectivity index (χ3n) is 5.37. The van der Waals surface area contributed by atoms with E-state index in [2.05, 4.69) is 51.3 Å². The van der Waals surface area contributed by atoms with Crippen molar-refractivity contribution in [3.05, 3.63) is 65.7 Å². The Hall–Kier alpha value is -2.42. The molecule has 0 aliphatic carbocycles. The van der Waals surface area contributed by atoms with Gasteiger partial charge in [-0.15, -0.1) is 10.2 Å². The number of amides is 1. The van der Waals surface area contributed by atoms with Crippen molar-refractivity contribution in [2.24, 2.45) is 0 Å². The van der Waals surface area contributed by atoms with Crippen LogP contribution in [0.4, 0.5) is 10.8 Å². The number of nitrogens with zero attached hydrogens (tertiary/aromatic N) is 4. The zero-order chi connectivity index (χ0) is 21.6. The number of thioether (sulfide) groups is 1. The fourth-order valence-corrected chi connectivity index (χ4v) is 5.23. The quantitative estimate of drug-likeness (QED) is 0.416. The molecule has 1 saturated heterocycles. The van der Waals surface area contributed by atoms with Gasteiger partial charge in [-0.2, -0.15) is 0 Å². The predicted molar refractivity (Wildman–Crippen MR) is 129 cm³/mol. The summed E-state index contributed by atoms with van der Waals surface area (Å²) < 4.78 is 0.843. The Morgan fingerprint density at radius 2 is 1.74 bits per heavy atom. The predicted octanol–water partition coefficient (Wildman–Crippen LogP) is 4.61. The summed E-state index contributed by atoms with van der Waals surface area (Å²) in [5, 5.41) is 11.7. The van der Waals surface area contributed by atoms with Gasteiger partial charge in [-0.25, -0.2) is 0 Å². The lowest BCUT2D eigenvalue weighted by atomic mass is 10.1. The SMILES string of the molecule is CC(C)N1CCN(c2ccc(C(=O)Nc3nnc(SCc4ccccc4)s3)cc2)CC1. The van der Waals surface area contributed by atoms with Crippen LogP contribution in [0.3, 0.4) is 0 Å². The van der Waals surface area contributed by atoms with E-state index >= 15 is 0 Å². The van der Waals surface area contributed by atoms with Crippen LogP contribution >= 0.6 is 23.1 Å². The van der Waals surface area contributed by atoms with Crippen LogP contribution in [0.5, 0.6) is 0 Å². The number of carbonyl (C=O) groups excluding carboxylic acids is 1. The molecule has 1 aliphatic rings. The monoisotopic (exact) mass is 453 g/mol. The molecular formula is C23H27N5OS2. The van der Waals surface area contributed by atoms with Gasteiger partial charge in [-0.05, 0) is 43.7 Å². The van der Waals surface area contributed by atoms with Crippen molar-refractivity contribution < 1.29 is 4.79 Å². The smallest absolute Gasteiger partial charge is 0.257 e. The number of piperazine rings is 1. The van der Waals surface area contributed by atoms with Gasteiger partial charge in [-0.3, -0.25) is 15.0 Å². The van der Waals surface area contributed by atoms with Gasteiger partial charge in [0, 0.05) is 49.2 Å². The highest BCUT2D eigenvalue weighted by Gasteiger charge is 2.19. The Balaban J connectivity index is 1.29. The minimum absolute atomic E-state index is 0.160. The zero-order valence-corrected chi connectivity index (χ0v) is 19.5. The topological polar surface area (TPSA) is 61.4 Å². The molecule has 2 aromatic carbocycles. The Labute approximate surface area is 191 Å². The van der Waals surface area contributed by atoms with Gasteiger partial charge in [0.15, 0.2) is 4.34 Å². The van der Waals surface area contributed by atoms with Crippen LogP contribution in [0.2, 0.25) is 0 Å². The first-order valence-corrected chi connectivity index (χ1v) is 12.3. The van der Waals surface area contributed by atoms with Gasteiger partial charge in [0.1, 0.15) is 0 Å². The average Bonchev–Trinajstić information content (AvgIpc) is 3.26. The zero-order valence-electron chi connectivity index (χ0n) is 17.8. The lowest BCUT2D eigenvalue weighted by Crippen LogP contribution is -2.48. The van der Waals surface area contributed by atoms with Crippen molar-refractivity contribution in [2.45, 2.75) is 30.0 Å². The van der Waals surface area contributed by atoms with E-state index in [4.69, 9.17) is 0 Å². The van der Waals surface area contributed by atoms with Crippen LogP contribution < -0.4 is 10.2 Å². The van der Waals surface area contributed by atoms with Crippen molar-refractivity contribution >= 4 is 39.8 Å². The first-order valence-electron chi connectivity index (χ1n) is 10.5. The van der Waals surface area contributed by atoms with Crippen LogP contribution in [0, 0.1) is 0 Å². The molecule has 1 N–H and O–H groups in total. The van der Waals surface area contributed by atoms with Crippen molar-refractivity contribution in [1.29, 1.82) is 0 Å². The van der Waals surface area contributed by atoms with Crippen molar-refractivity contribution in [3.8, 4) is 0 Å². The van der Waals surface area contributed by atoms with Gasteiger partial charge in [-0.1, -0.05) is 53.4 Å². The summed E-state index contributed by atoms with van der Waals surface area (Å²) in [6, 6.07) is 18.6. The van der Waals surface area contributed by atoms with Gasteiger partial charge in [0.2, 0.25) is 5.13 Å². The van der Waals surface area contributed by atoms with E-state index in [9.17, 15) is 4.79 Å². The molecule has 3 aromatic rings. The molecule has 0 radical (unpaired) electrons. The third-order valence-corrected chi connectivity index (χ3v) is 7.41. The summed E-state index contributed by atoms with van der Waals surface area (Å²) in [7, 11) is 0. The second-order valence-electron chi connectivity index (χ2n) is 7.77. The number of rotatable bonds is 7. The highest BCUT2D eigenvalue weighted by atomic mass is 32.2. The van der Waals surface area contributed by atoms with E-state index in [0.717, 1.165) is 42.0 Å². The first-order chi connectivity index (χ1) is 15.1. The van der Waals surface area contributed by atoms with Crippen molar-refractivity contribution in [1.82, 2.24) is 15.1 Å². The molecule has 1 fully saturated rings. The summed E-state index contributed by atoms with van der Waals surface area (Å²) in [5.74, 6) is 0.669. The summed E-state index contributed by atoms with van der Waals surface area (Å²) in [5.41, 5.74) is 3.02. The molecule has 8 heteroatoms. The van der Waals surface area contributed by atoms with Crippen molar-refractivity contribution in [2.75, 3.05) is 36.4 Å². The number of benzene rings is 2. The van der Waals surface area contributed by atoms with E-state index < -0.39 is 0 Å². The lowest BCUT2D eigenvalue weighted by Gasteiger charge is -2.38. The molecule has 0 spiro atoms. The van der Waals surface area contributed by atoms with Gasteiger partial charge < -0.3 is 4.90 Å². The van der Waals surface area contributed by atoms with Crippen LogP contribution in [0.1, 0.15) is 29.8 Å². The maximum atomic E-state index is 12.6. The van der Waals surface area contributed by atoms with Crippen LogP contribution in [0.25, 0.3) is 0 Å². The highest BCUT2D eigenvalue weighted by Crippen LogP contribution is 2.28. The standard InChI is InChI=1S/C23H27N5OS2/c1-17(2)27-12-14-28(15-13-27)20-10-8-19(9-11-20)21(29)24-22-25-26-23(31-22)30-16-18-6-4-3-5-7-18/h3-11,17H,12-16H2,1-2H3,(H,24,25,29). The number of carbonyl (C=O) groups is 1. The summed E-state index contributed by atoms with van der Waals surface area (Å²) in [6.45, 7) is 8.65. The first kappa shape index (κ1) is 21.8. The largest absolute Gasteiger partial charge is 0.369 e. The molecule has 4 rings (SSSR count). The van der Waals surface area contributed by atoms with E-state index in [-0.39, 0.29) is 5.91 Å². The maximum Gasteiger partial charge on any atom is 0.257 e.